The molecule has 1 aliphatic rings. The Labute approximate surface area is 99.4 Å². The molecular weight excluding hydrogens is 200 g/mol. The fourth-order valence-electron chi connectivity index (χ4n) is 2.46. The van der Waals surface area contributed by atoms with Gasteiger partial charge in [-0.15, -0.1) is 0 Å². The van der Waals surface area contributed by atoms with E-state index in [1.807, 2.05) is 4.90 Å². The lowest BCUT2D eigenvalue weighted by molar-refractivity contribution is -0.134. The van der Waals surface area contributed by atoms with Crippen molar-refractivity contribution in [2.45, 2.75) is 52.5 Å². The maximum absolute atomic E-state index is 12.0. The number of hydrogen-bond acceptors (Lipinski definition) is 2. The van der Waals surface area contributed by atoms with Crippen molar-refractivity contribution in [3.63, 3.8) is 0 Å². The standard InChI is InChI=1S/C13H26N2O/c1-4-5-12(14)13(16)15-8-6-11(7-9-15)10(2)3/h10-12H,4-9,14H2,1-3H3. The van der Waals surface area contributed by atoms with Gasteiger partial charge in [-0.25, -0.2) is 0 Å². The van der Waals surface area contributed by atoms with Crippen LogP contribution in [-0.4, -0.2) is 29.9 Å². The third kappa shape index (κ3) is 3.48. The fourth-order valence-corrected chi connectivity index (χ4v) is 2.46. The van der Waals surface area contributed by atoms with Gasteiger partial charge in [-0.05, 0) is 31.1 Å². The van der Waals surface area contributed by atoms with Crippen molar-refractivity contribution in [1.82, 2.24) is 4.90 Å². The summed E-state index contributed by atoms with van der Waals surface area (Å²) >= 11 is 0. The molecule has 0 radical (unpaired) electrons. The van der Waals surface area contributed by atoms with Crippen molar-refractivity contribution < 1.29 is 4.79 Å². The van der Waals surface area contributed by atoms with E-state index >= 15 is 0 Å². The number of nitrogens with two attached hydrogens (primary N) is 1. The van der Waals surface area contributed by atoms with Gasteiger partial charge in [0, 0.05) is 13.1 Å². The van der Waals surface area contributed by atoms with E-state index in [0.717, 1.165) is 50.6 Å². The van der Waals surface area contributed by atoms with Crippen LogP contribution >= 0.6 is 0 Å². The van der Waals surface area contributed by atoms with Crippen LogP contribution in [0.3, 0.4) is 0 Å². The fraction of sp³-hybridized carbons (Fsp3) is 0.923. The highest BCUT2D eigenvalue weighted by Crippen LogP contribution is 2.24. The van der Waals surface area contributed by atoms with E-state index in [1.54, 1.807) is 0 Å². The Balaban J connectivity index is 2.38. The van der Waals surface area contributed by atoms with Crippen molar-refractivity contribution >= 4 is 5.91 Å². The molecule has 3 nitrogen and oxygen atoms in total. The summed E-state index contributed by atoms with van der Waals surface area (Å²) in [5, 5.41) is 0. The third-order valence-electron chi connectivity index (χ3n) is 3.71. The summed E-state index contributed by atoms with van der Waals surface area (Å²) in [6.45, 7) is 8.41. The molecule has 0 aromatic rings. The quantitative estimate of drug-likeness (QED) is 0.797. The zero-order valence-electron chi connectivity index (χ0n) is 10.9. The number of carbonyl (C=O) groups excluding carboxylic acids is 1. The normalized spacial score (nSPS) is 20.2. The van der Waals surface area contributed by atoms with Crippen LogP contribution in [0, 0.1) is 11.8 Å². The molecule has 0 bridgehead atoms. The average molecular weight is 226 g/mol. The molecule has 2 N–H and O–H groups in total. The zero-order valence-corrected chi connectivity index (χ0v) is 10.9. The minimum atomic E-state index is -0.277. The van der Waals surface area contributed by atoms with Gasteiger partial charge in [0.2, 0.25) is 5.91 Å². The first-order valence-electron chi connectivity index (χ1n) is 6.60. The molecule has 1 unspecified atom stereocenters. The molecule has 1 aliphatic heterocycles. The van der Waals surface area contributed by atoms with E-state index < -0.39 is 0 Å². The summed E-state index contributed by atoms with van der Waals surface area (Å²) < 4.78 is 0. The number of likely N-dealkylation sites (tertiary alicyclic amines) is 1. The first-order chi connectivity index (χ1) is 7.56. The number of nitrogens with zero attached hydrogens (tertiary/aromatic N) is 1. The number of rotatable bonds is 4. The maximum Gasteiger partial charge on any atom is 0.239 e. The molecule has 1 saturated heterocycles. The summed E-state index contributed by atoms with van der Waals surface area (Å²) in [5.74, 6) is 1.68. The molecule has 1 atom stereocenters. The van der Waals surface area contributed by atoms with Crippen molar-refractivity contribution in [2.75, 3.05) is 13.1 Å². The molecule has 3 heteroatoms. The van der Waals surface area contributed by atoms with Crippen molar-refractivity contribution in [2.24, 2.45) is 17.6 Å². The molecule has 0 saturated carbocycles. The summed E-state index contributed by atoms with van der Waals surface area (Å²) in [5.41, 5.74) is 5.86. The highest BCUT2D eigenvalue weighted by Gasteiger charge is 2.26. The second kappa shape index (κ2) is 6.24. The molecule has 1 rings (SSSR count). The lowest BCUT2D eigenvalue weighted by atomic mass is 9.86. The Morgan fingerprint density at radius 1 is 1.38 bits per heavy atom. The maximum atomic E-state index is 12.0. The smallest absolute Gasteiger partial charge is 0.239 e. The number of amides is 1. The topological polar surface area (TPSA) is 46.3 Å². The van der Waals surface area contributed by atoms with Crippen LogP contribution < -0.4 is 5.73 Å². The highest BCUT2D eigenvalue weighted by atomic mass is 16.2. The summed E-state index contributed by atoms with van der Waals surface area (Å²) in [7, 11) is 0. The monoisotopic (exact) mass is 226 g/mol. The van der Waals surface area contributed by atoms with E-state index in [2.05, 4.69) is 20.8 Å². The second-order valence-corrected chi connectivity index (χ2v) is 5.30. The predicted octanol–water partition coefficient (Wildman–Crippen LogP) is 2.01. The Morgan fingerprint density at radius 3 is 2.38 bits per heavy atom. The van der Waals surface area contributed by atoms with Crippen LogP contribution in [0.5, 0.6) is 0 Å². The number of piperidine rings is 1. The van der Waals surface area contributed by atoms with Crippen LogP contribution in [0.25, 0.3) is 0 Å². The Morgan fingerprint density at radius 2 is 1.94 bits per heavy atom. The first kappa shape index (κ1) is 13.5. The average Bonchev–Trinajstić information content (AvgIpc) is 2.28. The molecule has 0 aromatic carbocycles. The van der Waals surface area contributed by atoms with Crippen molar-refractivity contribution in [3.05, 3.63) is 0 Å². The highest BCUT2D eigenvalue weighted by molar-refractivity contribution is 5.81. The van der Waals surface area contributed by atoms with Crippen molar-refractivity contribution in [1.29, 1.82) is 0 Å². The van der Waals surface area contributed by atoms with Gasteiger partial charge in [0.05, 0.1) is 6.04 Å². The van der Waals surface area contributed by atoms with Gasteiger partial charge in [0.1, 0.15) is 0 Å². The Hall–Kier alpha value is -0.570. The van der Waals surface area contributed by atoms with Gasteiger partial charge in [-0.2, -0.15) is 0 Å². The number of hydrogen-bond donors (Lipinski definition) is 1. The molecule has 0 spiro atoms. The minimum Gasteiger partial charge on any atom is -0.341 e. The van der Waals surface area contributed by atoms with E-state index in [1.165, 1.54) is 0 Å². The van der Waals surface area contributed by atoms with Gasteiger partial charge in [0.25, 0.3) is 0 Å². The van der Waals surface area contributed by atoms with Gasteiger partial charge in [-0.1, -0.05) is 27.2 Å². The molecule has 0 aliphatic carbocycles. The van der Waals surface area contributed by atoms with Crippen LogP contribution in [0.2, 0.25) is 0 Å². The van der Waals surface area contributed by atoms with E-state index in [4.69, 9.17) is 5.73 Å². The van der Waals surface area contributed by atoms with Crippen LogP contribution in [-0.2, 0) is 4.79 Å². The molecular formula is C13H26N2O. The predicted molar refractivity (Wildman–Crippen MR) is 67.0 cm³/mol. The van der Waals surface area contributed by atoms with Gasteiger partial charge in [0.15, 0.2) is 0 Å². The number of carbonyl (C=O) groups is 1. The summed E-state index contributed by atoms with van der Waals surface area (Å²) in [6.07, 6.45) is 4.07. The Kier molecular flexibility index (Phi) is 5.26. The molecule has 1 heterocycles. The summed E-state index contributed by atoms with van der Waals surface area (Å²) in [4.78, 5) is 13.9. The largest absolute Gasteiger partial charge is 0.341 e. The molecule has 1 amide bonds. The molecule has 94 valence electrons. The van der Waals surface area contributed by atoms with Gasteiger partial charge < -0.3 is 10.6 Å². The van der Waals surface area contributed by atoms with E-state index in [0.29, 0.717) is 0 Å². The SMILES string of the molecule is CCCC(N)C(=O)N1CCC(C(C)C)CC1. The van der Waals surface area contributed by atoms with Crippen LogP contribution in [0.4, 0.5) is 0 Å². The van der Waals surface area contributed by atoms with E-state index in [-0.39, 0.29) is 11.9 Å². The first-order valence-corrected chi connectivity index (χ1v) is 6.60. The minimum absolute atomic E-state index is 0.157. The van der Waals surface area contributed by atoms with E-state index in [9.17, 15) is 4.79 Å². The molecule has 1 fully saturated rings. The second-order valence-electron chi connectivity index (χ2n) is 5.30. The summed E-state index contributed by atoms with van der Waals surface area (Å²) in [6, 6.07) is -0.277. The van der Waals surface area contributed by atoms with Crippen LogP contribution in [0.1, 0.15) is 46.5 Å². The Bertz CT molecular complexity index is 220. The third-order valence-corrected chi connectivity index (χ3v) is 3.71. The molecule has 16 heavy (non-hydrogen) atoms. The lowest BCUT2D eigenvalue weighted by Gasteiger charge is -2.35. The zero-order chi connectivity index (χ0) is 12.1. The van der Waals surface area contributed by atoms with Gasteiger partial charge >= 0.3 is 0 Å². The molecule has 0 aromatic heterocycles. The van der Waals surface area contributed by atoms with Crippen LogP contribution in [0.15, 0.2) is 0 Å². The van der Waals surface area contributed by atoms with Gasteiger partial charge in [-0.3, -0.25) is 4.79 Å². The lowest BCUT2D eigenvalue weighted by Crippen LogP contribution is -2.47. The van der Waals surface area contributed by atoms with Crippen molar-refractivity contribution in [3.8, 4) is 0 Å².